The van der Waals surface area contributed by atoms with E-state index < -0.39 is 0 Å². The number of nitrogens with two attached hydrogens (primary N) is 1. The first-order valence-corrected chi connectivity index (χ1v) is 8.30. The highest BCUT2D eigenvalue weighted by atomic mass is 16.1. The molecule has 0 radical (unpaired) electrons. The summed E-state index contributed by atoms with van der Waals surface area (Å²) < 4.78 is 0. The molecule has 0 aliphatic heterocycles. The van der Waals surface area contributed by atoms with E-state index >= 15 is 0 Å². The predicted octanol–water partition coefficient (Wildman–Crippen LogP) is 5.39. The van der Waals surface area contributed by atoms with E-state index in [4.69, 9.17) is 5.73 Å². The molecule has 22 heavy (non-hydrogen) atoms. The molecule has 0 heterocycles. The molecule has 2 heteroatoms. The topological polar surface area (TPSA) is 43.1 Å². The Morgan fingerprint density at radius 1 is 0.727 bits per heavy atom. The molecule has 0 aromatic heterocycles. The van der Waals surface area contributed by atoms with Gasteiger partial charge in [0.25, 0.3) is 0 Å². The molecule has 2 nitrogen and oxygen atoms in total. The summed E-state index contributed by atoms with van der Waals surface area (Å²) in [5, 5.41) is 0. The van der Waals surface area contributed by atoms with E-state index in [1.807, 2.05) is 0 Å². The van der Waals surface area contributed by atoms with Crippen LogP contribution in [0.25, 0.3) is 0 Å². The maximum Gasteiger partial charge on any atom is 0.217 e. The Hall–Kier alpha value is -1.83. The fraction of sp³-hybridized carbons (Fsp3) is 0.450. The van der Waals surface area contributed by atoms with Gasteiger partial charge in [-0.3, -0.25) is 4.79 Å². The third-order valence-corrected chi connectivity index (χ3v) is 2.95. The van der Waals surface area contributed by atoms with Crippen molar-refractivity contribution in [3.8, 4) is 0 Å². The summed E-state index contributed by atoms with van der Waals surface area (Å²) in [7, 11) is 0. The molecule has 0 rings (SSSR count). The number of hydrogen-bond acceptors (Lipinski definition) is 1. The molecule has 0 spiro atoms. The molecular formula is C20H31NO. The van der Waals surface area contributed by atoms with E-state index in [-0.39, 0.29) is 5.91 Å². The van der Waals surface area contributed by atoms with Crippen molar-refractivity contribution in [2.75, 3.05) is 0 Å². The molecule has 0 aliphatic carbocycles. The van der Waals surface area contributed by atoms with Crippen LogP contribution in [0.1, 0.15) is 58.3 Å². The zero-order valence-corrected chi connectivity index (χ0v) is 13.9. The lowest BCUT2D eigenvalue weighted by atomic mass is 10.2. The minimum atomic E-state index is -0.215. The van der Waals surface area contributed by atoms with Gasteiger partial charge in [0.05, 0.1) is 0 Å². The second-order valence-electron chi connectivity index (χ2n) is 5.07. The summed E-state index contributed by atoms with van der Waals surface area (Å²) in [5.41, 5.74) is 5.07. The molecule has 0 aromatic carbocycles. The number of primary amides is 1. The molecule has 0 aliphatic rings. The van der Waals surface area contributed by atoms with E-state index in [2.05, 4.69) is 67.7 Å². The molecule has 0 bridgehead atoms. The monoisotopic (exact) mass is 301 g/mol. The third-order valence-electron chi connectivity index (χ3n) is 2.95. The fourth-order valence-electron chi connectivity index (χ4n) is 1.76. The smallest absolute Gasteiger partial charge is 0.217 e. The minimum Gasteiger partial charge on any atom is -0.370 e. The summed E-state index contributed by atoms with van der Waals surface area (Å²) in [6.07, 6.45) is 29.1. The number of rotatable bonds is 13. The molecular weight excluding hydrogens is 270 g/mol. The van der Waals surface area contributed by atoms with Gasteiger partial charge in [-0.1, -0.05) is 67.7 Å². The average Bonchev–Trinajstić information content (AvgIpc) is 2.50. The largest absolute Gasteiger partial charge is 0.370 e. The van der Waals surface area contributed by atoms with Gasteiger partial charge >= 0.3 is 0 Å². The number of hydrogen-bond donors (Lipinski definition) is 1. The number of carbonyl (C=O) groups is 1. The maximum atomic E-state index is 10.5. The van der Waals surface area contributed by atoms with E-state index in [0.29, 0.717) is 6.42 Å². The van der Waals surface area contributed by atoms with Crippen LogP contribution in [0, 0.1) is 0 Å². The zero-order chi connectivity index (χ0) is 16.3. The van der Waals surface area contributed by atoms with Crippen molar-refractivity contribution >= 4 is 5.91 Å². The quantitative estimate of drug-likeness (QED) is 0.359. The van der Waals surface area contributed by atoms with Gasteiger partial charge in [0.15, 0.2) is 0 Å². The summed E-state index contributed by atoms with van der Waals surface area (Å²) in [6.45, 7) is 2.15. The van der Waals surface area contributed by atoms with Crippen molar-refractivity contribution in [3.05, 3.63) is 60.8 Å². The van der Waals surface area contributed by atoms with E-state index in [1.54, 1.807) is 0 Å². The highest BCUT2D eigenvalue weighted by Crippen LogP contribution is 1.98. The van der Waals surface area contributed by atoms with Crippen molar-refractivity contribution in [1.82, 2.24) is 0 Å². The predicted molar refractivity (Wildman–Crippen MR) is 97.5 cm³/mol. The molecule has 0 saturated heterocycles. The summed E-state index contributed by atoms with van der Waals surface area (Å²) >= 11 is 0. The molecule has 0 aromatic rings. The van der Waals surface area contributed by atoms with Gasteiger partial charge in [-0.2, -0.15) is 0 Å². The molecule has 0 atom stereocenters. The highest BCUT2D eigenvalue weighted by Gasteiger charge is 1.90. The van der Waals surface area contributed by atoms with Crippen LogP contribution in [0.2, 0.25) is 0 Å². The summed E-state index contributed by atoms with van der Waals surface area (Å²) in [6, 6.07) is 0. The van der Waals surface area contributed by atoms with Crippen LogP contribution in [0.15, 0.2) is 60.8 Å². The first-order valence-electron chi connectivity index (χ1n) is 8.30. The second kappa shape index (κ2) is 17.2. The molecule has 2 N–H and O–H groups in total. The van der Waals surface area contributed by atoms with Gasteiger partial charge in [-0.25, -0.2) is 0 Å². The lowest BCUT2D eigenvalue weighted by molar-refractivity contribution is -0.118. The first-order chi connectivity index (χ1) is 10.8. The Kier molecular flexibility index (Phi) is 15.8. The van der Waals surface area contributed by atoms with Gasteiger partial charge in [0.1, 0.15) is 0 Å². The average molecular weight is 301 g/mol. The van der Waals surface area contributed by atoms with Gasteiger partial charge in [0.2, 0.25) is 5.91 Å². The lowest BCUT2D eigenvalue weighted by Gasteiger charge is -1.90. The van der Waals surface area contributed by atoms with Crippen LogP contribution in [-0.2, 0) is 4.79 Å². The van der Waals surface area contributed by atoms with E-state index in [1.165, 1.54) is 0 Å². The van der Waals surface area contributed by atoms with Gasteiger partial charge in [0, 0.05) is 6.42 Å². The Bertz CT molecular complexity index is 400. The standard InChI is InChI=1S/C20H31NO/c1-2-3-4-5-6-7-8-9-10-11-12-13-14-15-16-17-18-19-20(21)22/h3-4,6-7,9-10,12-13,15-16H,2,5,8,11,14,17-19H2,1H3,(H2,21,22)/b4-3?,7-6?,10-9?,13-12?,16-15-. The van der Waals surface area contributed by atoms with E-state index in [0.717, 1.165) is 44.9 Å². The van der Waals surface area contributed by atoms with Crippen LogP contribution >= 0.6 is 0 Å². The number of amides is 1. The maximum absolute atomic E-state index is 10.5. The van der Waals surface area contributed by atoms with Gasteiger partial charge in [-0.15, -0.1) is 0 Å². The third kappa shape index (κ3) is 18.2. The van der Waals surface area contributed by atoms with Crippen molar-refractivity contribution in [3.63, 3.8) is 0 Å². The Morgan fingerprint density at radius 3 is 1.55 bits per heavy atom. The number of carbonyl (C=O) groups excluding carboxylic acids is 1. The zero-order valence-electron chi connectivity index (χ0n) is 13.9. The van der Waals surface area contributed by atoms with Crippen LogP contribution in [-0.4, -0.2) is 5.91 Å². The van der Waals surface area contributed by atoms with Crippen LogP contribution < -0.4 is 5.73 Å². The fourth-order valence-corrected chi connectivity index (χ4v) is 1.76. The Morgan fingerprint density at radius 2 is 1.14 bits per heavy atom. The Labute approximate surface area is 136 Å². The van der Waals surface area contributed by atoms with Gasteiger partial charge in [-0.05, 0) is 44.9 Å². The van der Waals surface area contributed by atoms with Crippen LogP contribution in [0.5, 0.6) is 0 Å². The van der Waals surface area contributed by atoms with Crippen molar-refractivity contribution in [1.29, 1.82) is 0 Å². The highest BCUT2D eigenvalue weighted by molar-refractivity contribution is 5.73. The normalized spacial score (nSPS) is 12.8. The van der Waals surface area contributed by atoms with E-state index in [9.17, 15) is 4.79 Å². The second-order valence-corrected chi connectivity index (χ2v) is 5.07. The molecule has 0 fully saturated rings. The first kappa shape index (κ1) is 20.2. The van der Waals surface area contributed by atoms with Crippen molar-refractivity contribution < 1.29 is 4.79 Å². The summed E-state index contributed by atoms with van der Waals surface area (Å²) in [4.78, 5) is 10.5. The molecule has 0 saturated carbocycles. The number of allylic oxidation sites excluding steroid dienone is 10. The van der Waals surface area contributed by atoms with Gasteiger partial charge < -0.3 is 5.73 Å². The lowest BCUT2D eigenvalue weighted by Crippen LogP contribution is -2.09. The molecule has 0 unspecified atom stereocenters. The van der Waals surface area contributed by atoms with Crippen molar-refractivity contribution in [2.24, 2.45) is 5.73 Å². The number of unbranched alkanes of at least 4 members (excludes halogenated alkanes) is 1. The SMILES string of the molecule is CCC=CCC=CCC=CCC=CC/C=C\CCCC(N)=O. The summed E-state index contributed by atoms with van der Waals surface area (Å²) in [5.74, 6) is -0.215. The molecule has 1 amide bonds. The Balaban J connectivity index is 3.46. The molecule has 122 valence electrons. The van der Waals surface area contributed by atoms with Crippen LogP contribution in [0.4, 0.5) is 0 Å². The van der Waals surface area contributed by atoms with Crippen LogP contribution in [0.3, 0.4) is 0 Å². The minimum absolute atomic E-state index is 0.215. The van der Waals surface area contributed by atoms with Crippen molar-refractivity contribution in [2.45, 2.75) is 58.3 Å².